The lowest BCUT2D eigenvalue weighted by atomic mass is 10.1. The largest absolute Gasteiger partial charge is 0.496 e. The molecule has 2 aromatic heterocycles. The first-order valence-corrected chi connectivity index (χ1v) is 8.83. The van der Waals surface area contributed by atoms with Gasteiger partial charge in [0.05, 0.1) is 17.3 Å². The highest BCUT2D eigenvalue weighted by molar-refractivity contribution is 9.10. The molecule has 0 aliphatic heterocycles. The molecular formula is C19H20BrN3O2. The highest BCUT2D eigenvalue weighted by Gasteiger charge is 2.10. The molecule has 1 atom stereocenters. The van der Waals surface area contributed by atoms with Crippen LogP contribution in [0.2, 0.25) is 0 Å². The second-order valence-electron chi connectivity index (χ2n) is 5.97. The highest BCUT2D eigenvalue weighted by atomic mass is 79.9. The van der Waals surface area contributed by atoms with E-state index in [1.165, 1.54) is 0 Å². The van der Waals surface area contributed by atoms with E-state index < -0.39 is 0 Å². The van der Waals surface area contributed by atoms with Crippen molar-refractivity contribution in [3.05, 3.63) is 74.2 Å². The number of hydrogen-bond acceptors (Lipinski definition) is 4. The topological polar surface area (TPSA) is 55.6 Å². The Balaban J connectivity index is 1.79. The molecule has 0 saturated carbocycles. The molecular weight excluding hydrogens is 382 g/mol. The average molecular weight is 402 g/mol. The van der Waals surface area contributed by atoms with Crippen LogP contribution in [0, 0.1) is 6.92 Å². The van der Waals surface area contributed by atoms with Crippen LogP contribution in [0.3, 0.4) is 0 Å². The van der Waals surface area contributed by atoms with Crippen LogP contribution in [-0.4, -0.2) is 16.5 Å². The molecule has 3 rings (SSSR count). The fraction of sp³-hybridized carbons (Fsp3) is 0.263. The minimum Gasteiger partial charge on any atom is -0.496 e. The fourth-order valence-electron chi connectivity index (χ4n) is 2.73. The Labute approximate surface area is 154 Å². The molecule has 0 saturated heterocycles. The molecule has 5 nitrogen and oxygen atoms in total. The van der Waals surface area contributed by atoms with Crippen molar-refractivity contribution in [2.75, 3.05) is 7.11 Å². The molecule has 0 radical (unpaired) electrons. The third-order valence-electron chi connectivity index (χ3n) is 4.20. The molecule has 1 aromatic carbocycles. The summed E-state index contributed by atoms with van der Waals surface area (Å²) in [5.41, 5.74) is 3.48. The van der Waals surface area contributed by atoms with Crippen LogP contribution < -0.4 is 15.6 Å². The maximum atomic E-state index is 12.3. The van der Waals surface area contributed by atoms with Gasteiger partial charge in [0.15, 0.2) is 0 Å². The Kier molecular flexibility index (Phi) is 5.20. The molecule has 1 unspecified atom stereocenters. The fourth-order valence-corrected chi connectivity index (χ4v) is 3.29. The van der Waals surface area contributed by atoms with Gasteiger partial charge in [0.25, 0.3) is 5.56 Å². The molecule has 0 amide bonds. The van der Waals surface area contributed by atoms with Gasteiger partial charge in [-0.05, 0) is 59.1 Å². The van der Waals surface area contributed by atoms with Gasteiger partial charge in [0.1, 0.15) is 11.4 Å². The molecule has 0 aliphatic carbocycles. The number of nitrogens with zero attached hydrogens (tertiary/aromatic N) is 2. The summed E-state index contributed by atoms with van der Waals surface area (Å²) in [6, 6.07) is 11.5. The molecule has 6 heteroatoms. The van der Waals surface area contributed by atoms with E-state index >= 15 is 0 Å². The number of hydrogen-bond donors (Lipinski definition) is 1. The van der Waals surface area contributed by atoms with Crippen LogP contribution in [0.15, 0.2) is 51.9 Å². The van der Waals surface area contributed by atoms with Crippen LogP contribution in [0.25, 0.3) is 5.65 Å². The summed E-state index contributed by atoms with van der Waals surface area (Å²) in [6.45, 7) is 4.55. The van der Waals surface area contributed by atoms with E-state index in [1.54, 1.807) is 23.8 Å². The molecule has 0 aliphatic rings. The number of benzene rings is 1. The lowest BCUT2D eigenvalue weighted by molar-refractivity contribution is 0.411. The lowest BCUT2D eigenvalue weighted by Crippen LogP contribution is -2.22. The van der Waals surface area contributed by atoms with Crippen LogP contribution in [0.4, 0.5) is 0 Å². The summed E-state index contributed by atoms with van der Waals surface area (Å²) in [4.78, 5) is 16.9. The maximum Gasteiger partial charge on any atom is 0.258 e. The van der Waals surface area contributed by atoms with Gasteiger partial charge >= 0.3 is 0 Å². The number of ether oxygens (including phenoxy) is 1. The minimum atomic E-state index is -0.0645. The van der Waals surface area contributed by atoms with Crippen molar-refractivity contribution in [2.45, 2.75) is 26.4 Å². The standard InChI is InChI=1S/C19H20BrN3O2/c1-12-5-4-8-23-18(24)10-15(22-19(12)23)11-21-13(2)14-6-7-17(25-3)16(20)9-14/h4-10,13,21H,11H2,1-3H3. The molecule has 130 valence electrons. The van der Waals surface area contributed by atoms with Gasteiger partial charge < -0.3 is 10.1 Å². The van der Waals surface area contributed by atoms with Crippen LogP contribution in [-0.2, 0) is 6.54 Å². The number of halogens is 1. The predicted octanol–water partition coefficient (Wildman–Crippen LogP) is 3.62. The highest BCUT2D eigenvalue weighted by Crippen LogP contribution is 2.28. The lowest BCUT2D eigenvalue weighted by Gasteiger charge is -2.15. The van der Waals surface area contributed by atoms with Crippen molar-refractivity contribution in [2.24, 2.45) is 0 Å². The maximum absolute atomic E-state index is 12.3. The summed E-state index contributed by atoms with van der Waals surface area (Å²) >= 11 is 3.51. The van der Waals surface area contributed by atoms with Gasteiger partial charge in [-0.3, -0.25) is 9.20 Å². The first-order chi connectivity index (χ1) is 12.0. The van der Waals surface area contributed by atoms with E-state index in [0.29, 0.717) is 12.2 Å². The normalized spacial score (nSPS) is 12.3. The van der Waals surface area contributed by atoms with E-state index in [0.717, 1.165) is 27.0 Å². The second kappa shape index (κ2) is 7.37. The van der Waals surface area contributed by atoms with Gasteiger partial charge in [-0.25, -0.2) is 4.98 Å². The Morgan fingerprint density at radius 1 is 1.32 bits per heavy atom. The zero-order valence-electron chi connectivity index (χ0n) is 14.4. The zero-order valence-corrected chi connectivity index (χ0v) is 16.0. The summed E-state index contributed by atoms with van der Waals surface area (Å²) in [6.07, 6.45) is 1.74. The number of nitrogens with one attached hydrogen (secondary N) is 1. The Morgan fingerprint density at radius 3 is 2.84 bits per heavy atom. The SMILES string of the molecule is COc1ccc(C(C)NCc2cc(=O)n3cccc(C)c3n2)cc1Br. The molecule has 3 aromatic rings. The second-order valence-corrected chi connectivity index (χ2v) is 6.82. The quantitative estimate of drug-likeness (QED) is 0.708. The zero-order chi connectivity index (χ0) is 18.0. The number of pyridine rings is 1. The van der Waals surface area contributed by atoms with Crippen molar-refractivity contribution in [3.8, 4) is 5.75 Å². The summed E-state index contributed by atoms with van der Waals surface area (Å²) in [5, 5.41) is 3.42. The van der Waals surface area contributed by atoms with Gasteiger partial charge in [-0.2, -0.15) is 0 Å². The molecule has 2 heterocycles. The van der Waals surface area contributed by atoms with E-state index in [9.17, 15) is 4.79 Å². The number of aromatic nitrogens is 2. The first kappa shape index (κ1) is 17.6. The van der Waals surface area contributed by atoms with Gasteiger partial charge in [-0.1, -0.05) is 12.1 Å². The molecule has 25 heavy (non-hydrogen) atoms. The Bertz CT molecular complexity index is 969. The minimum absolute atomic E-state index is 0.0645. The van der Waals surface area contributed by atoms with E-state index in [2.05, 4.69) is 33.2 Å². The molecule has 1 N–H and O–H groups in total. The van der Waals surface area contributed by atoms with Crippen LogP contribution >= 0.6 is 15.9 Å². The summed E-state index contributed by atoms with van der Waals surface area (Å²) < 4.78 is 7.75. The first-order valence-electron chi connectivity index (χ1n) is 8.04. The third kappa shape index (κ3) is 3.75. The summed E-state index contributed by atoms with van der Waals surface area (Å²) in [7, 11) is 1.65. The van der Waals surface area contributed by atoms with Crippen LogP contribution in [0.5, 0.6) is 5.75 Å². The number of aryl methyl sites for hydroxylation is 1. The summed E-state index contributed by atoms with van der Waals surface area (Å²) in [5.74, 6) is 0.802. The number of fused-ring (bicyclic) bond motifs is 1. The Hall–Kier alpha value is -2.18. The van der Waals surface area contributed by atoms with E-state index in [1.807, 2.05) is 37.3 Å². The van der Waals surface area contributed by atoms with Crippen molar-refractivity contribution in [3.63, 3.8) is 0 Å². The van der Waals surface area contributed by atoms with Crippen molar-refractivity contribution in [1.82, 2.24) is 14.7 Å². The van der Waals surface area contributed by atoms with Crippen molar-refractivity contribution >= 4 is 21.6 Å². The molecule has 0 bridgehead atoms. The van der Waals surface area contributed by atoms with Gasteiger partial charge in [0, 0.05) is 24.8 Å². The molecule has 0 fully saturated rings. The Morgan fingerprint density at radius 2 is 2.12 bits per heavy atom. The smallest absolute Gasteiger partial charge is 0.258 e. The predicted molar refractivity (Wildman–Crippen MR) is 102 cm³/mol. The molecule has 0 spiro atoms. The third-order valence-corrected chi connectivity index (χ3v) is 4.82. The van der Waals surface area contributed by atoms with Crippen molar-refractivity contribution < 1.29 is 4.74 Å². The monoisotopic (exact) mass is 401 g/mol. The van der Waals surface area contributed by atoms with Crippen molar-refractivity contribution in [1.29, 1.82) is 0 Å². The number of rotatable bonds is 5. The average Bonchev–Trinajstić information content (AvgIpc) is 2.60. The van der Waals surface area contributed by atoms with Crippen LogP contribution in [0.1, 0.15) is 29.8 Å². The van der Waals surface area contributed by atoms with Gasteiger partial charge in [0.2, 0.25) is 0 Å². The van der Waals surface area contributed by atoms with Gasteiger partial charge in [-0.15, -0.1) is 0 Å². The van der Waals surface area contributed by atoms with E-state index in [-0.39, 0.29) is 11.6 Å². The van der Waals surface area contributed by atoms with E-state index in [4.69, 9.17) is 4.74 Å². The number of methoxy groups -OCH3 is 1.